The van der Waals surface area contributed by atoms with Crippen molar-refractivity contribution in [3.8, 4) is 0 Å². The van der Waals surface area contributed by atoms with Gasteiger partial charge >= 0.3 is 11.9 Å². The zero-order chi connectivity index (χ0) is 19.0. The lowest BCUT2D eigenvalue weighted by Gasteiger charge is -2.26. The molecule has 2 aromatic rings. The van der Waals surface area contributed by atoms with Crippen molar-refractivity contribution in [2.75, 3.05) is 6.61 Å². The summed E-state index contributed by atoms with van der Waals surface area (Å²) in [6, 6.07) is 17.8. The van der Waals surface area contributed by atoms with Crippen LogP contribution in [0.5, 0.6) is 0 Å². The summed E-state index contributed by atoms with van der Waals surface area (Å²) in [5.41, 5.74) is 1.03. The van der Waals surface area contributed by atoms with Gasteiger partial charge in [-0.05, 0) is 36.1 Å². The van der Waals surface area contributed by atoms with E-state index in [0.29, 0.717) is 24.0 Å². The van der Waals surface area contributed by atoms with Crippen LogP contribution in [0.15, 0.2) is 60.7 Å². The van der Waals surface area contributed by atoms with Crippen LogP contribution in [0.2, 0.25) is 0 Å². The van der Waals surface area contributed by atoms with Crippen molar-refractivity contribution in [2.45, 2.75) is 39.7 Å². The highest BCUT2D eigenvalue weighted by Crippen LogP contribution is 2.25. The maximum absolute atomic E-state index is 12.3. The number of hydrogen-bond donors (Lipinski definition) is 0. The molecule has 0 amide bonds. The van der Waals surface area contributed by atoms with Crippen molar-refractivity contribution < 1.29 is 19.1 Å². The van der Waals surface area contributed by atoms with Crippen molar-refractivity contribution in [1.29, 1.82) is 0 Å². The maximum Gasteiger partial charge on any atom is 0.338 e. The van der Waals surface area contributed by atoms with Crippen LogP contribution < -0.4 is 0 Å². The van der Waals surface area contributed by atoms with Crippen molar-refractivity contribution in [1.82, 2.24) is 0 Å². The van der Waals surface area contributed by atoms with Gasteiger partial charge in [0.2, 0.25) is 0 Å². The second-order valence-corrected chi connectivity index (χ2v) is 7.45. The Kier molecular flexibility index (Phi) is 6.96. The van der Waals surface area contributed by atoms with E-state index in [1.54, 1.807) is 48.5 Å². The Morgan fingerprint density at radius 1 is 0.846 bits per heavy atom. The molecule has 4 nitrogen and oxygen atoms in total. The van der Waals surface area contributed by atoms with Crippen LogP contribution in [-0.2, 0) is 9.47 Å². The van der Waals surface area contributed by atoms with Crippen molar-refractivity contribution >= 4 is 11.9 Å². The number of carbonyl (C=O) groups is 2. The van der Waals surface area contributed by atoms with Crippen LogP contribution in [-0.4, -0.2) is 24.6 Å². The number of carbonyl (C=O) groups excluding carboxylic acids is 2. The SMILES string of the molecule is CC(C)(C)CC(CCOC(=O)c1ccccc1)OC(=O)c1ccccc1. The highest BCUT2D eigenvalue weighted by Gasteiger charge is 2.23. The van der Waals surface area contributed by atoms with Gasteiger partial charge in [-0.15, -0.1) is 0 Å². The van der Waals surface area contributed by atoms with Crippen LogP contribution in [0.25, 0.3) is 0 Å². The first-order chi connectivity index (χ1) is 12.3. The summed E-state index contributed by atoms with van der Waals surface area (Å²) in [4.78, 5) is 24.4. The fourth-order valence-electron chi connectivity index (χ4n) is 2.62. The van der Waals surface area contributed by atoms with E-state index in [9.17, 15) is 9.59 Å². The molecule has 138 valence electrons. The minimum Gasteiger partial charge on any atom is -0.462 e. The average Bonchev–Trinajstić information content (AvgIpc) is 2.61. The molecule has 0 bridgehead atoms. The lowest BCUT2D eigenvalue weighted by atomic mass is 9.88. The van der Waals surface area contributed by atoms with Gasteiger partial charge in [0, 0.05) is 6.42 Å². The monoisotopic (exact) mass is 354 g/mol. The fourth-order valence-corrected chi connectivity index (χ4v) is 2.62. The summed E-state index contributed by atoms with van der Waals surface area (Å²) in [6.07, 6.45) is 0.842. The number of hydrogen-bond acceptors (Lipinski definition) is 4. The van der Waals surface area contributed by atoms with E-state index in [-0.39, 0.29) is 30.1 Å². The van der Waals surface area contributed by atoms with Gasteiger partial charge in [0.25, 0.3) is 0 Å². The highest BCUT2D eigenvalue weighted by atomic mass is 16.6. The van der Waals surface area contributed by atoms with E-state index >= 15 is 0 Å². The zero-order valence-corrected chi connectivity index (χ0v) is 15.6. The van der Waals surface area contributed by atoms with Crippen molar-refractivity contribution in [3.63, 3.8) is 0 Å². The Morgan fingerprint density at radius 3 is 1.85 bits per heavy atom. The molecule has 1 atom stereocenters. The van der Waals surface area contributed by atoms with Gasteiger partial charge in [0.1, 0.15) is 6.10 Å². The molecule has 26 heavy (non-hydrogen) atoms. The van der Waals surface area contributed by atoms with Gasteiger partial charge in [-0.25, -0.2) is 9.59 Å². The van der Waals surface area contributed by atoms with Gasteiger partial charge in [-0.2, -0.15) is 0 Å². The summed E-state index contributed by atoms with van der Waals surface area (Å²) < 4.78 is 11.0. The van der Waals surface area contributed by atoms with E-state index in [0.717, 1.165) is 0 Å². The summed E-state index contributed by atoms with van der Waals surface area (Å²) in [5.74, 6) is -0.719. The van der Waals surface area contributed by atoms with Gasteiger partial charge in [-0.3, -0.25) is 0 Å². The second-order valence-electron chi connectivity index (χ2n) is 7.45. The Labute approximate surface area is 155 Å². The third-order valence-electron chi connectivity index (χ3n) is 3.81. The largest absolute Gasteiger partial charge is 0.462 e. The first-order valence-electron chi connectivity index (χ1n) is 8.83. The van der Waals surface area contributed by atoms with Crippen LogP contribution in [0, 0.1) is 5.41 Å². The quantitative estimate of drug-likeness (QED) is 0.664. The maximum atomic E-state index is 12.3. The molecular formula is C22H26O4. The Hall–Kier alpha value is -2.62. The molecular weight excluding hydrogens is 328 g/mol. The van der Waals surface area contributed by atoms with Gasteiger partial charge < -0.3 is 9.47 Å². The number of benzene rings is 2. The van der Waals surface area contributed by atoms with Crippen molar-refractivity contribution in [3.05, 3.63) is 71.8 Å². The molecule has 0 radical (unpaired) electrons. The predicted octanol–water partition coefficient (Wildman–Crippen LogP) is 4.90. The number of ether oxygens (including phenoxy) is 2. The van der Waals surface area contributed by atoms with E-state index in [1.165, 1.54) is 0 Å². The Balaban J connectivity index is 1.92. The van der Waals surface area contributed by atoms with Crippen LogP contribution in [0.1, 0.15) is 54.3 Å². The molecule has 0 spiro atoms. The summed E-state index contributed by atoms with van der Waals surface area (Å²) in [6.45, 7) is 6.47. The molecule has 1 unspecified atom stereocenters. The minimum atomic E-state index is -0.366. The normalized spacial score (nSPS) is 12.3. The average molecular weight is 354 g/mol. The third-order valence-corrected chi connectivity index (χ3v) is 3.81. The second kappa shape index (κ2) is 9.18. The summed E-state index contributed by atoms with van der Waals surface area (Å²) in [7, 11) is 0. The van der Waals surface area contributed by atoms with E-state index < -0.39 is 0 Å². The number of rotatable bonds is 7. The van der Waals surface area contributed by atoms with Gasteiger partial charge in [-0.1, -0.05) is 57.2 Å². The Morgan fingerprint density at radius 2 is 1.35 bits per heavy atom. The lowest BCUT2D eigenvalue weighted by molar-refractivity contribution is 0.00849. The standard InChI is InChI=1S/C22H26O4/c1-22(2,3)16-19(26-21(24)18-12-8-5-9-13-18)14-15-25-20(23)17-10-6-4-7-11-17/h4-13,19H,14-16H2,1-3H3. The topological polar surface area (TPSA) is 52.6 Å². The minimum absolute atomic E-state index is 0.00886. The molecule has 4 heteroatoms. The van der Waals surface area contributed by atoms with Crippen LogP contribution in [0.4, 0.5) is 0 Å². The van der Waals surface area contributed by atoms with Gasteiger partial charge in [0.15, 0.2) is 0 Å². The first-order valence-corrected chi connectivity index (χ1v) is 8.83. The molecule has 0 saturated heterocycles. The molecule has 0 saturated carbocycles. The smallest absolute Gasteiger partial charge is 0.338 e. The zero-order valence-electron chi connectivity index (χ0n) is 15.6. The van der Waals surface area contributed by atoms with E-state index in [4.69, 9.17) is 9.47 Å². The molecule has 0 aliphatic heterocycles. The van der Waals surface area contributed by atoms with E-state index in [1.807, 2.05) is 12.1 Å². The molecule has 0 fully saturated rings. The van der Waals surface area contributed by atoms with Crippen LogP contribution >= 0.6 is 0 Å². The summed E-state index contributed by atoms with van der Waals surface area (Å²) in [5, 5.41) is 0. The molecule has 2 aromatic carbocycles. The molecule has 0 aliphatic carbocycles. The van der Waals surface area contributed by atoms with Crippen LogP contribution in [0.3, 0.4) is 0 Å². The highest BCUT2D eigenvalue weighted by molar-refractivity contribution is 5.89. The molecule has 2 rings (SSSR count). The molecule has 0 aliphatic rings. The van der Waals surface area contributed by atoms with E-state index in [2.05, 4.69) is 20.8 Å². The first kappa shape index (κ1) is 19.7. The lowest BCUT2D eigenvalue weighted by Crippen LogP contribution is -2.26. The molecule has 0 aromatic heterocycles. The molecule has 0 N–H and O–H groups in total. The Bertz CT molecular complexity index is 702. The number of esters is 2. The van der Waals surface area contributed by atoms with Crippen molar-refractivity contribution in [2.24, 2.45) is 5.41 Å². The van der Waals surface area contributed by atoms with Gasteiger partial charge in [0.05, 0.1) is 17.7 Å². The third kappa shape index (κ3) is 6.71. The molecule has 0 heterocycles. The predicted molar refractivity (Wildman–Crippen MR) is 101 cm³/mol. The summed E-state index contributed by atoms with van der Waals surface area (Å²) >= 11 is 0. The fraction of sp³-hybridized carbons (Fsp3) is 0.364.